The lowest BCUT2D eigenvalue weighted by molar-refractivity contribution is 0.730. The lowest BCUT2D eigenvalue weighted by Crippen LogP contribution is -2.10. The summed E-state index contributed by atoms with van der Waals surface area (Å²) in [7, 11) is 0. The van der Waals surface area contributed by atoms with Gasteiger partial charge in [-0.25, -0.2) is 0 Å². The van der Waals surface area contributed by atoms with Crippen LogP contribution in [0.3, 0.4) is 0 Å². The molecule has 0 saturated carbocycles. The topological polar surface area (TPSA) is 36.1 Å². The average Bonchev–Trinajstić information content (AvgIpc) is 2.62. The maximum absolute atomic E-state index is 9.33. The molecule has 0 aliphatic carbocycles. The molecule has 1 aliphatic rings. The summed E-state index contributed by atoms with van der Waals surface area (Å²) in [4.78, 5) is 4.55. The molecule has 17 heavy (non-hydrogen) atoms. The van der Waals surface area contributed by atoms with E-state index in [1.807, 2.05) is 24.3 Å². The van der Waals surface area contributed by atoms with E-state index in [1.54, 1.807) is 0 Å². The fraction of sp³-hybridized carbons (Fsp3) is 0.429. The van der Waals surface area contributed by atoms with Crippen LogP contribution in [0.2, 0.25) is 5.02 Å². The Labute approximate surface area is 107 Å². The van der Waals surface area contributed by atoms with Crippen molar-refractivity contribution in [2.24, 2.45) is 4.99 Å². The van der Waals surface area contributed by atoms with Gasteiger partial charge in [0, 0.05) is 17.3 Å². The number of nitriles is 1. The van der Waals surface area contributed by atoms with Gasteiger partial charge in [0.1, 0.15) is 5.92 Å². The first-order valence-electron chi connectivity index (χ1n) is 5.99. The predicted molar refractivity (Wildman–Crippen MR) is 70.6 cm³/mol. The van der Waals surface area contributed by atoms with E-state index in [4.69, 9.17) is 11.6 Å². The molecule has 2 nitrogen and oxygen atoms in total. The smallest absolute Gasteiger partial charge is 0.109 e. The Hall–Kier alpha value is -1.33. The van der Waals surface area contributed by atoms with E-state index < -0.39 is 0 Å². The minimum atomic E-state index is -0.203. The van der Waals surface area contributed by atoms with Crippen molar-refractivity contribution in [2.45, 2.75) is 31.6 Å². The zero-order valence-corrected chi connectivity index (χ0v) is 10.5. The van der Waals surface area contributed by atoms with Crippen LogP contribution < -0.4 is 0 Å². The molecule has 0 bridgehead atoms. The third kappa shape index (κ3) is 3.08. The Balaban J connectivity index is 2.24. The normalized spacial score (nSPS) is 17.8. The van der Waals surface area contributed by atoms with Gasteiger partial charge in [-0.05, 0) is 37.0 Å². The van der Waals surface area contributed by atoms with Crippen molar-refractivity contribution >= 4 is 17.3 Å². The molecule has 3 heteroatoms. The summed E-state index contributed by atoms with van der Waals surface area (Å²) in [5.41, 5.74) is 2.03. The largest absolute Gasteiger partial charge is 0.292 e. The zero-order valence-electron chi connectivity index (χ0n) is 9.69. The Morgan fingerprint density at radius 3 is 2.65 bits per heavy atom. The maximum Gasteiger partial charge on any atom is 0.109 e. The van der Waals surface area contributed by atoms with Crippen LogP contribution in [0.25, 0.3) is 0 Å². The molecule has 0 saturated heterocycles. The number of hydrogen-bond donors (Lipinski definition) is 0. The Kier molecular flexibility index (Phi) is 4.17. The van der Waals surface area contributed by atoms with Gasteiger partial charge in [-0.1, -0.05) is 30.2 Å². The van der Waals surface area contributed by atoms with Crippen LogP contribution in [0.4, 0.5) is 0 Å². The summed E-state index contributed by atoms with van der Waals surface area (Å²) in [5, 5.41) is 10.0. The van der Waals surface area contributed by atoms with E-state index >= 15 is 0 Å². The fourth-order valence-corrected chi connectivity index (χ4v) is 2.25. The van der Waals surface area contributed by atoms with Crippen molar-refractivity contribution in [1.29, 1.82) is 5.26 Å². The van der Waals surface area contributed by atoms with Gasteiger partial charge in [0.2, 0.25) is 0 Å². The number of rotatable bonds is 2. The van der Waals surface area contributed by atoms with Crippen molar-refractivity contribution in [3.05, 3.63) is 34.9 Å². The summed E-state index contributed by atoms with van der Waals surface area (Å²) >= 11 is 5.86. The van der Waals surface area contributed by atoms with Gasteiger partial charge in [-0.15, -0.1) is 0 Å². The van der Waals surface area contributed by atoms with E-state index in [0.29, 0.717) is 5.02 Å². The lowest BCUT2D eigenvalue weighted by Gasteiger charge is -2.11. The minimum absolute atomic E-state index is 0.203. The molecule has 1 atom stereocenters. The second kappa shape index (κ2) is 5.84. The maximum atomic E-state index is 9.33. The molecule has 1 heterocycles. The Bertz CT molecular complexity index is 442. The van der Waals surface area contributed by atoms with E-state index in [0.717, 1.165) is 37.1 Å². The monoisotopic (exact) mass is 246 g/mol. The van der Waals surface area contributed by atoms with Crippen LogP contribution in [-0.2, 0) is 0 Å². The Morgan fingerprint density at radius 2 is 1.94 bits per heavy atom. The van der Waals surface area contributed by atoms with Crippen LogP contribution in [0.15, 0.2) is 29.3 Å². The first-order valence-corrected chi connectivity index (χ1v) is 6.37. The van der Waals surface area contributed by atoms with E-state index in [1.165, 1.54) is 6.42 Å². The number of aliphatic imine (C=N–C) groups is 1. The SMILES string of the molecule is N#CC(C1=NCCCCC1)c1ccc(Cl)cc1. The molecule has 2 rings (SSSR count). The van der Waals surface area contributed by atoms with Crippen LogP contribution in [-0.4, -0.2) is 12.3 Å². The van der Waals surface area contributed by atoms with E-state index in [9.17, 15) is 5.26 Å². The number of hydrogen-bond acceptors (Lipinski definition) is 2. The lowest BCUT2D eigenvalue weighted by atomic mass is 9.92. The quantitative estimate of drug-likeness (QED) is 0.778. The summed E-state index contributed by atoms with van der Waals surface area (Å²) in [6.45, 7) is 0.862. The fourth-order valence-electron chi connectivity index (χ4n) is 2.13. The van der Waals surface area contributed by atoms with Gasteiger partial charge in [-0.2, -0.15) is 5.26 Å². The van der Waals surface area contributed by atoms with Gasteiger partial charge in [-0.3, -0.25) is 4.99 Å². The van der Waals surface area contributed by atoms with Gasteiger partial charge in [0.15, 0.2) is 0 Å². The molecule has 1 aliphatic heterocycles. The first-order chi connectivity index (χ1) is 8.31. The molecule has 0 fully saturated rings. The average molecular weight is 247 g/mol. The van der Waals surface area contributed by atoms with Crippen molar-refractivity contribution in [3.8, 4) is 6.07 Å². The summed E-state index contributed by atoms with van der Waals surface area (Å²) in [6, 6.07) is 9.87. The molecule has 0 spiro atoms. The van der Waals surface area contributed by atoms with Crippen LogP contribution in [0.1, 0.15) is 37.2 Å². The van der Waals surface area contributed by atoms with E-state index in [-0.39, 0.29) is 5.92 Å². The zero-order chi connectivity index (χ0) is 12.1. The third-order valence-corrected chi connectivity index (χ3v) is 3.32. The molecular formula is C14H15ClN2. The van der Waals surface area contributed by atoms with Crippen LogP contribution in [0.5, 0.6) is 0 Å². The predicted octanol–water partition coefficient (Wildman–Crippen LogP) is 3.96. The van der Waals surface area contributed by atoms with Gasteiger partial charge >= 0.3 is 0 Å². The molecule has 0 N–H and O–H groups in total. The van der Waals surface area contributed by atoms with Crippen molar-refractivity contribution in [1.82, 2.24) is 0 Å². The molecule has 0 aromatic heterocycles. The van der Waals surface area contributed by atoms with Crippen molar-refractivity contribution in [3.63, 3.8) is 0 Å². The van der Waals surface area contributed by atoms with Gasteiger partial charge in [0.05, 0.1) is 6.07 Å². The number of halogens is 1. The van der Waals surface area contributed by atoms with Crippen molar-refractivity contribution in [2.75, 3.05) is 6.54 Å². The number of benzene rings is 1. The Morgan fingerprint density at radius 1 is 1.18 bits per heavy atom. The van der Waals surface area contributed by atoms with Crippen LogP contribution in [0, 0.1) is 11.3 Å². The van der Waals surface area contributed by atoms with Crippen LogP contribution >= 0.6 is 11.6 Å². The minimum Gasteiger partial charge on any atom is -0.292 e. The van der Waals surface area contributed by atoms with Crippen molar-refractivity contribution < 1.29 is 0 Å². The highest BCUT2D eigenvalue weighted by Gasteiger charge is 2.18. The summed E-state index contributed by atoms with van der Waals surface area (Å²) < 4.78 is 0. The number of nitrogens with zero attached hydrogens (tertiary/aromatic N) is 2. The van der Waals surface area contributed by atoms with Gasteiger partial charge in [0.25, 0.3) is 0 Å². The highest BCUT2D eigenvalue weighted by atomic mass is 35.5. The molecule has 88 valence electrons. The molecule has 1 unspecified atom stereocenters. The first kappa shape index (κ1) is 12.1. The van der Waals surface area contributed by atoms with Gasteiger partial charge < -0.3 is 0 Å². The third-order valence-electron chi connectivity index (χ3n) is 3.07. The molecule has 1 aromatic carbocycles. The molecule has 0 amide bonds. The molecule has 0 radical (unpaired) electrons. The summed E-state index contributed by atoms with van der Waals surface area (Å²) in [6.07, 6.45) is 4.44. The highest BCUT2D eigenvalue weighted by Crippen LogP contribution is 2.23. The molecular weight excluding hydrogens is 232 g/mol. The highest BCUT2D eigenvalue weighted by molar-refractivity contribution is 6.30. The molecule has 1 aromatic rings. The second-order valence-electron chi connectivity index (χ2n) is 4.30. The van der Waals surface area contributed by atoms with E-state index in [2.05, 4.69) is 11.1 Å². The standard InChI is InChI=1S/C14H15ClN2/c15-12-7-5-11(6-8-12)13(10-16)14-4-2-1-3-9-17-14/h5-8,13H,1-4,9H2. The summed E-state index contributed by atoms with van der Waals surface area (Å²) in [5.74, 6) is -0.203. The second-order valence-corrected chi connectivity index (χ2v) is 4.73.